The molecule has 19 nitrogen and oxygen atoms in total. The molecule has 3 saturated carbocycles. The number of allylic oxidation sites excluding steroid dienone is 8. The summed E-state index contributed by atoms with van der Waals surface area (Å²) in [5.41, 5.74) is 9.55. The summed E-state index contributed by atoms with van der Waals surface area (Å²) in [6.45, 7) is 29.4. The molecule has 8 aliphatic heterocycles. The van der Waals surface area contributed by atoms with Crippen molar-refractivity contribution >= 4 is 28.9 Å². The summed E-state index contributed by atoms with van der Waals surface area (Å²) in [7, 11) is 20.7. The fourth-order valence-corrected chi connectivity index (χ4v) is 21.0. The Labute approximate surface area is 719 Å². The zero-order valence-electron chi connectivity index (χ0n) is 76.8. The molecule has 8 saturated heterocycles. The van der Waals surface area contributed by atoms with Gasteiger partial charge in [0.05, 0.1) is 14.2 Å². The monoisotopic (exact) mass is 1640 g/mol. The van der Waals surface area contributed by atoms with Crippen molar-refractivity contribution in [2.45, 2.75) is 232 Å². The Morgan fingerprint density at radius 2 is 0.950 bits per heavy atom. The Bertz CT molecular complexity index is 3780. The lowest BCUT2D eigenvalue weighted by Gasteiger charge is -2.38. The largest absolute Gasteiger partial charge is 0.481 e. The standard InChI is InChI=1S/C13H20N2O.C13H23NO.C13H19NO.C13H23NO.C13H19NO.C12H18N2O.C12H21NO.C11H16N2O/c1-10-8-12(13(16-3)14-9-10)11-4-6-15(2)7-5-11;2*1-10-3-4-13(15)12(9-10)11-5-7-14(2)8-6-11;2*1-10-4-3-5-12(15)13(10)11-6-8-14(2)9-7-11;1-14-8-6-10(7-9-14)11-4-3-5-12(13-11)15-2;1-13-8-6-10(7-9-13)11-4-2-3-5-12(11)14;1-13-6-3-9(4-7-13)10-2-5-12-11(14)8-10/h8-9,11H,4-7H2,1-3H3;10-12H,3-9H2,1-2H3;3,9,11H,4-8H2,1-2H3;10-11,13H,3-9H2,1-2H3;3-4,11H,5-9H2,1-2H3;3-5,10H,6-9H2,1-2H3;10-11H,2-9H2,1H3;2,5,8-9H,3-4,6-7H2,1H3,(H,12,14). The molecule has 0 radical (unpaired) electrons. The van der Waals surface area contributed by atoms with E-state index < -0.39 is 0 Å². The minimum absolute atomic E-state index is 0.0152. The highest BCUT2D eigenvalue weighted by atomic mass is 16.5. The first-order chi connectivity index (χ1) is 57.2. The molecular formula is C100H159N11O8. The predicted molar refractivity (Wildman–Crippen MR) is 486 cm³/mol. The Morgan fingerprint density at radius 1 is 0.454 bits per heavy atom. The van der Waals surface area contributed by atoms with Gasteiger partial charge in [0, 0.05) is 97.1 Å². The van der Waals surface area contributed by atoms with Crippen LogP contribution in [0.1, 0.15) is 248 Å². The number of aromatic amines is 1. The van der Waals surface area contributed by atoms with Gasteiger partial charge >= 0.3 is 0 Å². The van der Waals surface area contributed by atoms with Crippen LogP contribution in [0.2, 0.25) is 0 Å². The van der Waals surface area contributed by atoms with Crippen LogP contribution in [-0.4, -0.2) is 258 Å². The number of carbonyl (C=O) groups excluding carboxylic acids is 5. The zero-order valence-corrected chi connectivity index (χ0v) is 76.8. The fraction of sp³-hybridized carbons (Fsp3) is 0.720. The quantitative estimate of drug-likeness (QED) is 0.202. The van der Waals surface area contributed by atoms with Crippen LogP contribution in [-0.2, 0) is 24.0 Å². The van der Waals surface area contributed by atoms with Crippen molar-refractivity contribution in [2.24, 2.45) is 59.2 Å². The van der Waals surface area contributed by atoms with E-state index in [-0.39, 0.29) is 5.56 Å². The molecule has 0 bridgehead atoms. The van der Waals surface area contributed by atoms with Gasteiger partial charge in [-0.15, -0.1) is 0 Å². The molecular weight excluding hydrogens is 1480 g/mol. The summed E-state index contributed by atoms with van der Waals surface area (Å²) >= 11 is 0. The van der Waals surface area contributed by atoms with Crippen molar-refractivity contribution in [3.05, 3.63) is 128 Å². The number of piperidine rings is 8. The maximum absolute atomic E-state index is 12.0. The molecule has 16 rings (SSSR count). The number of ketones is 5. The third-order valence-electron chi connectivity index (χ3n) is 29.0. The molecule has 5 aliphatic carbocycles. The van der Waals surface area contributed by atoms with Crippen LogP contribution < -0.4 is 15.0 Å². The molecule has 11 heterocycles. The van der Waals surface area contributed by atoms with Gasteiger partial charge in [-0.25, -0.2) is 9.97 Å². The van der Waals surface area contributed by atoms with Crippen LogP contribution >= 0.6 is 0 Å². The first-order valence-corrected chi connectivity index (χ1v) is 46.8. The number of pyridine rings is 3. The van der Waals surface area contributed by atoms with Gasteiger partial charge in [0.15, 0.2) is 11.6 Å². The van der Waals surface area contributed by atoms with E-state index in [0.29, 0.717) is 113 Å². The van der Waals surface area contributed by atoms with E-state index in [1.807, 2.05) is 36.5 Å². The van der Waals surface area contributed by atoms with Crippen molar-refractivity contribution < 1.29 is 33.4 Å². The fourth-order valence-electron chi connectivity index (χ4n) is 21.0. The number of H-pyrrole nitrogens is 1. The van der Waals surface area contributed by atoms with E-state index in [9.17, 15) is 28.8 Å². The molecule has 662 valence electrons. The van der Waals surface area contributed by atoms with Crippen LogP contribution in [0.15, 0.2) is 100 Å². The maximum atomic E-state index is 12.0. The van der Waals surface area contributed by atoms with Crippen molar-refractivity contribution in [2.75, 3.05) is 175 Å². The molecule has 1 N–H and O–H groups in total. The smallest absolute Gasteiger partial charge is 0.248 e. The van der Waals surface area contributed by atoms with Gasteiger partial charge in [0.1, 0.15) is 17.3 Å². The SMILES string of the molecule is CC1=C(C2CCN(C)CC2)C(=O)CC=C1.CC1=CCC(=O)C(C2CCN(C)CC2)=C1.CC1CCC(=O)C(C2CCN(C)CC2)C1.CC1CCCC(=O)C1C1CCN(C)CC1.CN1CCC(C2CCCCC2=O)CC1.CN1CCC(c2cc[nH]c(=O)c2)CC1.COc1cccc(C2CCN(C)CC2)n1.COc1ncc(C)cc1C1CCN(C)CC1. The Balaban J connectivity index is 0.000000155. The van der Waals surface area contributed by atoms with Crippen molar-refractivity contribution in [1.29, 1.82) is 0 Å². The maximum Gasteiger partial charge on any atom is 0.248 e. The molecule has 3 aromatic rings. The number of methoxy groups -OCH3 is 2. The summed E-state index contributed by atoms with van der Waals surface area (Å²) in [6, 6.07) is 12.0. The minimum Gasteiger partial charge on any atom is -0.481 e. The normalized spacial score (nSPS) is 26.3. The minimum atomic E-state index is 0.0152. The number of nitrogens with one attached hydrogen (secondary N) is 1. The highest BCUT2D eigenvalue weighted by Crippen LogP contribution is 2.41. The van der Waals surface area contributed by atoms with E-state index in [1.54, 1.807) is 26.5 Å². The Morgan fingerprint density at radius 3 is 1.47 bits per heavy atom. The number of aryl methyl sites for hydroxylation is 1. The molecule has 0 spiro atoms. The van der Waals surface area contributed by atoms with Crippen LogP contribution in [0.5, 0.6) is 11.8 Å². The number of ether oxygens (including phenoxy) is 2. The second kappa shape index (κ2) is 50.0. The summed E-state index contributed by atoms with van der Waals surface area (Å²) < 4.78 is 10.5. The van der Waals surface area contributed by atoms with E-state index in [4.69, 9.17) is 9.47 Å². The predicted octanol–water partition coefficient (Wildman–Crippen LogP) is 16.4. The average molecular weight is 1640 g/mol. The van der Waals surface area contributed by atoms with Crippen molar-refractivity contribution in [3.63, 3.8) is 0 Å². The molecule has 5 atom stereocenters. The molecule has 13 aliphatic rings. The Kier molecular flexibility index (Phi) is 40.6. The number of hydrogen-bond acceptors (Lipinski definition) is 18. The van der Waals surface area contributed by atoms with Crippen LogP contribution in [0.3, 0.4) is 0 Å². The van der Waals surface area contributed by atoms with E-state index >= 15 is 0 Å². The number of aromatic nitrogens is 3. The topological polar surface area (TPSA) is 188 Å². The molecule has 11 fully saturated rings. The lowest BCUT2D eigenvalue weighted by molar-refractivity contribution is -0.129. The first-order valence-electron chi connectivity index (χ1n) is 46.8. The van der Waals surface area contributed by atoms with Gasteiger partial charge in [-0.1, -0.05) is 56.2 Å². The first kappa shape index (κ1) is 96.7. The number of rotatable bonds is 10. The zero-order chi connectivity index (χ0) is 85.5. The second-order valence-corrected chi connectivity index (χ2v) is 38.4. The second-order valence-electron chi connectivity index (χ2n) is 38.4. The Hall–Kier alpha value is -6.16. The highest BCUT2D eigenvalue weighted by Gasteiger charge is 2.38. The van der Waals surface area contributed by atoms with Gasteiger partial charge in [-0.05, 0) is 417 Å². The lowest BCUT2D eigenvalue weighted by atomic mass is 9.69. The molecule has 0 aromatic carbocycles. The highest BCUT2D eigenvalue weighted by molar-refractivity contribution is 5.99. The number of likely N-dealkylation sites (tertiary alicyclic amines) is 8. The van der Waals surface area contributed by atoms with Gasteiger partial charge in [0.25, 0.3) is 0 Å². The van der Waals surface area contributed by atoms with Crippen LogP contribution in [0.4, 0.5) is 0 Å². The van der Waals surface area contributed by atoms with E-state index in [1.165, 1.54) is 195 Å². The van der Waals surface area contributed by atoms with Crippen molar-refractivity contribution in [1.82, 2.24) is 54.2 Å². The van der Waals surface area contributed by atoms with Crippen molar-refractivity contribution in [3.8, 4) is 11.8 Å². The average Bonchev–Trinajstić information content (AvgIpc) is 0.651. The molecule has 3 aromatic heterocycles. The van der Waals surface area contributed by atoms with Gasteiger partial charge < -0.3 is 53.7 Å². The number of hydrogen-bond donors (Lipinski definition) is 1. The van der Waals surface area contributed by atoms with Crippen LogP contribution in [0, 0.1) is 66.1 Å². The van der Waals surface area contributed by atoms with Crippen LogP contribution in [0.25, 0.3) is 0 Å². The molecule has 5 unspecified atom stereocenters. The lowest BCUT2D eigenvalue weighted by Crippen LogP contribution is -2.39. The number of carbonyl (C=O) groups is 5. The number of Topliss-reactive ketones (excluding diaryl/α,β-unsaturated/α-hetero) is 5. The van der Waals surface area contributed by atoms with E-state index in [2.05, 4.69) is 169 Å². The third kappa shape index (κ3) is 31.2. The molecule has 0 amide bonds. The summed E-state index contributed by atoms with van der Waals surface area (Å²) in [6.07, 6.45) is 43.0. The summed E-state index contributed by atoms with van der Waals surface area (Å²) in [5.74, 6) is 11.4. The van der Waals surface area contributed by atoms with E-state index in [0.717, 1.165) is 139 Å². The molecule has 119 heavy (non-hydrogen) atoms. The third-order valence-corrected chi connectivity index (χ3v) is 29.0. The van der Waals surface area contributed by atoms with Gasteiger partial charge in [-0.3, -0.25) is 28.8 Å². The number of nitrogens with zero attached hydrogens (tertiary/aromatic N) is 10. The molecule has 19 heteroatoms. The summed E-state index contributed by atoms with van der Waals surface area (Å²) in [4.78, 5) is 101. The van der Waals surface area contributed by atoms with Gasteiger partial charge in [0.2, 0.25) is 17.3 Å². The summed E-state index contributed by atoms with van der Waals surface area (Å²) in [5, 5.41) is 0. The van der Waals surface area contributed by atoms with Gasteiger partial charge in [-0.2, -0.15) is 0 Å².